The third-order valence-electron chi connectivity index (χ3n) is 2.53. The molecular weight excluding hydrogens is 150 g/mol. The van der Waals surface area contributed by atoms with Crippen LogP contribution in [0.15, 0.2) is 12.2 Å². The topological polar surface area (TPSA) is 23.5 Å². The standard InChI is InChI=1S/C10H19NO/c1-11(2)9-7-5-3-4-6-8-10(9)12/h3-4,9-10,12H,5-8H2,1-2H3/t9-,10+/m1/s1. The van der Waals surface area contributed by atoms with Gasteiger partial charge in [-0.3, -0.25) is 0 Å². The Labute approximate surface area is 74.9 Å². The molecule has 0 bridgehead atoms. The van der Waals surface area contributed by atoms with Crippen molar-refractivity contribution in [1.82, 2.24) is 4.90 Å². The van der Waals surface area contributed by atoms with Crippen LogP contribution in [0.3, 0.4) is 0 Å². The van der Waals surface area contributed by atoms with Crippen LogP contribution >= 0.6 is 0 Å². The molecule has 12 heavy (non-hydrogen) atoms. The van der Waals surface area contributed by atoms with Crippen LogP contribution in [-0.2, 0) is 0 Å². The molecule has 70 valence electrons. The van der Waals surface area contributed by atoms with Gasteiger partial charge in [0, 0.05) is 6.04 Å². The molecule has 0 aliphatic heterocycles. The molecule has 0 aromatic heterocycles. The summed E-state index contributed by atoms with van der Waals surface area (Å²) in [4.78, 5) is 2.13. The van der Waals surface area contributed by atoms with E-state index in [9.17, 15) is 5.11 Å². The highest BCUT2D eigenvalue weighted by Crippen LogP contribution is 2.16. The Bertz CT molecular complexity index is 154. The monoisotopic (exact) mass is 169 g/mol. The first-order valence-corrected chi connectivity index (χ1v) is 4.71. The lowest BCUT2D eigenvalue weighted by molar-refractivity contribution is 0.0644. The van der Waals surface area contributed by atoms with Gasteiger partial charge in [0.15, 0.2) is 0 Å². The number of nitrogens with zero attached hydrogens (tertiary/aromatic N) is 1. The molecule has 0 amide bonds. The Morgan fingerprint density at radius 3 is 2.33 bits per heavy atom. The van der Waals surface area contributed by atoms with Crippen LogP contribution in [0.5, 0.6) is 0 Å². The van der Waals surface area contributed by atoms with Crippen molar-refractivity contribution < 1.29 is 5.11 Å². The number of rotatable bonds is 1. The van der Waals surface area contributed by atoms with Gasteiger partial charge in [-0.15, -0.1) is 0 Å². The van der Waals surface area contributed by atoms with Crippen LogP contribution in [0.25, 0.3) is 0 Å². The number of allylic oxidation sites excluding steroid dienone is 2. The summed E-state index contributed by atoms with van der Waals surface area (Å²) in [5, 5.41) is 9.77. The Morgan fingerprint density at radius 2 is 1.75 bits per heavy atom. The lowest BCUT2D eigenvalue weighted by Gasteiger charge is -2.29. The van der Waals surface area contributed by atoms with Gasteiger partial charge in [-0.2, -0.15) is 0 Å². The first-order valence-electron chi connectivity index (χ1n) is 4.71. The number of aliphatic hydroxyl groups excluding tert-OH is 1. The summed E-state index contributed by atoms with van der Waals surface area (Å²) in [7, 11) is 4.08. The maximum atomic E-state index is 9.77. The van der Waals surface area contributed by atoms with Gasteiger partial charge < -0.3 is 10.0 Å². The molecule has 0 aromatic rings. The highest BCUT2D eigenvalue weighted by Gasteiger charge is 2.20. The molecule has 0 radical (unpaired) electrons. The predicted octanol–water partition coefficient (Wildman–Crippen LogP) is 1.41. The number of hydrogen-bond donors (Lipinski definition) is 1. The van der Waals surface area contributed by atoms with Crippen molar-refractivity contribution in [2.45, 2.75) is 37.8 Å². The van der Waals surface area contributed by atoms with Crippen LogP contribution in [-0.4, -0.2) is 36.2 Å². The maximum absolute atomic E-state index is 9.77. The maximum Gasteiger partial charge on any atom is 0.0698 e. The third-order valence-corrected chi connectivity index (χ3v) is 2.53. The fourth-order valence-corrected chi connectivity index (χ4v) is 1.76. The lowest BCUT2D eigenvalue weighted by atomic mass is 9.97. The second-order valence-corrected chi connectivity index (χ2v) is 3.72. The first-order chi connectivity index (χ1) is 5.72. The van der Waals surface area contributed by atoms with E-state index in [0.717, 1.165) is 25.7 Å². The van der Waals surface area contributed by atoms with Crippen molar-refractivity contribution in [3.63, 3.8) is 0 Å². The third kappa shape index (κ3) is 2.61. The minimum atomic E-state index is -0.148. The van der Waals surface area contributed by atoms with Crippen molar-refractivity contribution in [1.29, 1.82) is 0 Å². The summed E-state index contributed by atoms with van der Waals surface area (Å²) in [6.45, 7) is 0. The van der Waals surface area contributed by atoms with Crippen LogP contribution in [0.2, 0.25) is 0 Å². The van der Waals surface area contributed by atoms with Gasteiger partial charge in [0.1, 0.15) is 0 Å². The second-order valence-electron chi connectivity index (χ2n) is 3.72. The Balaban J connectivity index is 2.52. The molecule has 0 fully saturated rings. The van der Waals surface area contributed by atoms with Gasteiger partial charge in [0.05, 0.1) is 6.10 Å². The Morgan fingerprint density at radius 1 is 1.17 bits per heavy atom. The van der Waals surface area contributed by atoms with E-state index in [1.165, 1.54) is 0 Å². The van der Waals surface area contributed by atoms with Gasteiger partial charge >= 0.3 is 0 Å². The van der Waals surface area contributed by atoms with Crippen LogP contribution in [0.4, 0.5) is 0 Å². The van der Waals surface area contributed by atoms with E-state index in [4.69, 9.17) is 0 Å². The molecular formula is C10H19NO. The van der Waals surface area contributed by atoms with E-state index in [2.05, 4.69) is 17.1 Å². The highest BCUT2D eigenvalue weighted by atomic mass is 16.3. The average Bonchev–Trinajstić information content (AvgIpc) is 1.96. The van der Waals surface area contributed by atoms with Gasteiger partial charge in [-0.05, 0) is 39.8 Å². The molecule has 0 spiro atoms. The first kappa shape index (κ1) is 9.75. The average molecular weight is 169 g/mol. The minimum absolute atomic E-state index is 0.148. The fraction of sp³-hybridized carbons (Fsp3) is 0.800. The number of likely N-dealkylation sites (N-methyl/N-ethyl adjacent to an activating group) is 1. The fourth-order valence-electron chi connectivity index (χ4n) is 1.76. The van der Waals surface area contributed by atoms with E-state index >= 15 is 0 Å². The number of hydrogen-bond acceptors (Lipinski definition) is 2. The smallest absolute Gasteiger partial charge is 0.0698 e. The number of aliphatic hydroxyl groups is 1. The van der Waals surface area contributed by atoms with Crippen LogP contribution in [0, 0.1) is 0 Å². The quantitative estimate of drug-likeness (QED) is 0.600. The van der Waals surface area contributed by atoms with Gasteiger partial charge in [-0.25, -0.2) is 0 Å². The Hall–Kier alpha value is -0.340. The van der Waals surface area contributed by atoms with Crippen molar-refractivity contribution >= 4 is 0 Å². The molecule has 1 rings (SSSR count). The second kappa shape index (κ2) is 4.63. The molecule has 0 unspecified atom stereocenters. The SMILES string of the molecule is CN(C)[C@@H]1CCC=CCC[C@@H]1O. The molecule has 1 aliphatic rings. The molecule has 2 nitrogen and oxygen atoms in total. The Kier molecular flexibility index (Phi) is 3.76. The van der Waals surface area contributed by atoms with Crippen molar-refractivity contribution in [3.05, 3.63) is 12.2 Å². The molecule has 0 heterocycles. The van der Waals surface area contributed by atoms with E-state index in [1.807, 2.05) is 14.1 Å². The summed E-state index contributed by atoms with van der Waals surface area (Å²) in [5.41, 5.74) is 0. The predicted molar refractivity (Wildman–Crippen MR) is 51.1 cm³/mol. The highest BCUT2D eigenvalue weighted by molar-refractivity contribution is 4.90. The van der Waals surface area contributed by atoms with Gasteiger partial charge in [0.25, 0.3) is 0 Å². The molecule has 2 heteroatoms. The molecule has 0 saturated carbocycles. The summed E-state index contributed by atoms with van der Waals surface area (Å²) in [6, 6.07) is 0.343. The molecule has 0 saturated heterocycles. The van der Waals surface area contributed by atoms with E-state index in [-0.39, 0.29) is 6.10 Å². The van der Waals surface area contributed by atoms with Crippen molar-refractivity contribution in [3.8, 4) is 0 Å². The van der Waals surface area contributed by atoms with Gasteiger partial charge in [-0.1, -0.05) is 12.2 Å². The zero-order valence-electron chi connectivity index (χ0n) is 8.03. The summed E-state index contributed by atoms with van der Waals surface area (Å²) < 4.78 is 0. The van der Waals surface area contributed by atoms with E-state index < -0.39 is 0 Å². The molecule has 0 aromatic carbocycles. The van der Waals surface area contributed by atoms with E-state index in [1.54, 1.807) is 0 Å². The van der Waals surface area contributed by atoms with Crippen LogP contribution in [0.1, 0.15) is 25.7 Å². The lowest BCUT2D eigenvalue weighted by Crippen LogP contribution is -2.39. The molecule has 1 aliphatic carbocycles. The van der Waals surface area contributed by atoms with Crippen molar-refractivity contribution in [2.75, 3.05) is 14.1 Å². The largest absolute Gasteiger partial charge is 0.391 e. The van der Waals surface area contributed by atoms with Gasteiger partial charge in [0.2, 0.25) is 0 Å². The summed E-state index contributed by atoms with van der Waals surface area (Å²) >= 11 is 0. The zero-order valence-corrected chi connectivity index (χ0v) is 8.03. The van der Waals surface area contributed by atoms with Crippen molar-refractivity contribution in [2.24, 2.45) is 0 Å². The minimum Gasteiger partial charge on any atom is -0.391 e. The van der Waals surface area contributed by atoms with E-state index in [0.29, 0.717) is 6.04 Å². The zero-order chi connectivity index (χ0) is 8.97. The van der Waals surface area contributed by atoms with Crippen LogP contribution < -0.4 is 0 Å². The summed E-state index contributed by atoms with van der Waals surface area (Å²) in [6.07, 6.45) is 8.34. The molecule has 1 N–H and O–H groups in total. The summed E-state index contributed by atoms with van der Waals surface area (Å²) in [5.74, 6) is 0. The molecule has 2 atom stereocenters. The normalized spacial score (nSPS) is 31.7.